The van der Waals surface area contributed by atoms with Crippen molar-refractivity contribution in [3.8, 4) is 0 Å². The second kappa shape index (κ2) is 9.40. The third kappa shape index (κ3) is 6.64. The van der Waals surface area contributed by atoms with Crippen LogP contribution in [0.5, 0.6) is 0 Å². The van der Waals surface area contributed by atoms with Crippen molar-refractivity contribution in [3.63, 3.8) is 0 Å². The van der Waals surface area contributed by atoms with E-state index >= 15 is 0 Å². The van der Waals surface area contributed by atoms with Gasteiger partial charge in [0.25, 0.3) is 0 Å². The minimum Gasteiger partial charge on any atom is -0.378 e. The molecule has 6 nitrogen and oxygen atoms in total. The summed E-state index contributed by atoms with van der Waals surface area (Å²) >= 11 is 3.66. The molecule has 0 spiro atoms. The van der Waals surface area contributed by atoms with Gasteiger partial charge in [0.05, 0.1) is 12.3 Å². The van der Waals surface area contributed by atoms with E-state index in [1.807, 2.05) is 49.6 Å². The number of thioether (sulfide) groups is 1. The normalized spacial score (nSPS) is 11.2. The second-order valence-corrected chi connectivity index (χ2v) is 8.93. The molecule has 0 saturated carbocycles. The van der Waals surface area contributed by atoms with Gasteiger partial charge in [0.15, 0.2) is 11.0 Å². The largest absolute Gasteiger partial charge is 0.378 e. The van der Waals surface area contributed by atoms with Crippen LogP contribution in [0.15, 0.2) is 42.1 Å². The van der Waals surface area contributed by atoms with Crippen LogP contribution in [0.25, 0.3) is 0 Å². The SMILES string of the molecule is C=CCn1c(CNc2ccc(I)cc2)nnc1SCC(=O)NC(C)(C)C. The van der Waals surface area contributed by atoms with E-state index in [1.165, 1.54) is 15.3 Å². The molecule has 0 bridgehead atoms. The number of allylic oxidation sites excluding steroid dienone is 1. The molecule has 8 heteroatoms. The average molecular weight is 485 g/mol. The summed E-state index contributed by atoms with van der Waals surface area (Å²) in [7, 11) is 0. The quantitative estimate of drug-likeness (QED) is 0.339. The zero-order valence-corrected chi connectivity index (χ0v) is 18.2. The standard InChI is InChI=1S/C18H24IN5OS/c1-5-10-24-15(11-20-14-8-6-13(19)7-9-14)22-23-17(24)26-12-16(25)21-18(2,3)4/h5-9,20H,1,10-12H2,2-4H3,(H,21,25). The summed E-state index contributed by atoms with van der Waals surface area (Å²) in [5.41, 5.74) is 0.784. The zero-order chi connectivity index (χ0) is 19.2. The van der Waals surface area contributed by atoms with Crippen LogP contribution in [-0.4, -0.2) is 32.0 Å². The molecule has 0 aliphatic rings. The molecule has 2 N–H and O–H groups in total. The molecule has 0 aliphatic heterocycles. The van der Waals surface area contributed by atoms with Gasteiger partial charge in [-0.05, 0) is 67.6 Å². The molecular weight excluding hydrogens is 461 g/mol. The zero-order valence-electron chi connectivity index (χ0n) is 15.3. The van der Waals surface area contributed by atoms with Crippen molar-refractivity contribution >= 4 is 45.9 Å². The van der Waals surface area contributed by atoms with E-state index in [0.29, 0.717) is 24.0 Å². The fraction of sp³-hybridized carbons (Fsp3) is 0.389. The number of rotatable bonds is 8. The number of carbonyl (C=O) groups excluding carboxylic acids is 1. The predicted octanol–water partition coefficient (Wildman–Crippen LogP) is 3.69. The Morgan fingerprint density at radius 3 is 2.62 bits per heavy atom. The summed E-state index contributed by atoms with van der Waals surface area (Å²) in [4.78, 5) is 12.0. The number of nitrogens with one attached hydrogen (secondary N) is 2. The number of halogens is 1. The summed E-state index contributed by atoms with van der Waals surface area (Å²) in [6.07, 6.45) is 1.80. The number of benzene rings is 1. The first-order valence-corrected chi connectivity index (χ1v) is 10.3. The van der Waals surface area contributed by atoms with Crippen LogP contribution in [-0.2, 0) is 17.9 Å². The first-order valence-electron chi connectivity index (χ1n) is 8.25. The maximum Gasteiger partial charge on any atom is 0.230 e. The van der Waals surface area contributed by atoms with Crippen molar-refractivity contribution in [2.24, 2.45) is 0 Å². The van der Waals surface area contributed by atoms with Crippen molar-refractivity contribution in [1.29, 1.82) is 0 Å². The molecule has 0 unspecified atom stereocenters. The number of amides is 1. The maximum absolute atomic E-state index is 12.0. The van der Waals surface area contributed by atoms with Crippen molar-refractivity contribution in [1.82, 2.24) is 20.1 Å². The number of hydrogen-bond donors (Lipinski definition) is 2. The van der Waals surface area contributed by atoms with Gasteiger partial charge >= 0.3 is 0 Å². The Labute approximate surface area is 172 Å². The van der Waals surface area contributed by atoms with Crippen LogP contribution < -0.4 is 10.6 Å². The average Bonchev–Trinajstić information content (AvgIpc) is 2.93. The highest BCUT2D eigenvalue weighted by Crippen LogP contribution is 2.19. The molecule has 0 aliphatic carbocycles. The summed E-state index contributed by atoms with van der Waals surface area (Å²) in [6, 6.07) is 8.16. The van der Waals surface area contributed by atoms with Crippen LogP contribution >= 0.6 is 34.4 Å². The molecule has 140 valence electrons. The van der Waals surface area contributed by atoms with Crippen LogP contribution in [0, 0.1) is 3.57 Å². The van der Waals surface area contributed by atoms with Gasteiger partial charge in [0.1, 0.15) is 0 Å². The Bertz CT molecular complexity index is 752. The molecule has 0 saturated heterocycles. The monoisotopic (exact) mass is 485 g/mol. The highest BCUT2D eigenvalue weighted by Gasteiger charge is 2.16. The highest BCUT2D eigenvalue weighted by atomic mass is 127. The maximum atomic E-state index is 12.0. The number of hydrogen-bond acceptors (Lipinski definition) is 5. The van der Waals surface area contributed by atoms with Gasteiger partial charge in [-0.15, -0.1) is 16.8 Å². The van der Waals surface area contributed by atoms with E-state index in [9.17, 15) is 4.79 Å². The summed E-state index contributed by atoms with van der Waals surface area (Å²) < 4.78 is 3.16. The topological polar surface area (TPSA) is 71.8 Å². The smallest absolute Gasteiger partial charge is 0.230 e. The number of anilines is 1. The molecule has 0 fully saturated rings. The van der Waals surface area contributed by atoms with E-state index in [2.05, 4.69) is 50.0 Å². The molecule has 0 atom stereocenters. The Morgan fingerprint density at radius 2 is 2.00 bits per heavy atom. The lowest BCUT2D eigenvalue weighted by Crippen LogP contribution is -2.41. The lowest BCUT2D eigenvalue weighted by atomic mass is 10.1. The molecule has 2 rings (SSSR count). The summed E-state index contributed by atoms with van der Waals surface area (Å²) in [6.45, 7) is 10.8. The molecule has 0 radical (unpaired) electrons. The van der Waals surface area contributed by atoms with E-state index in [-0.39, 0.29) is 11.4 Å². The van der Waals surface area contributed by atoms with E-state index in [4.69, 9.17) is 0 Å². The van der Waals surface area contributed by atoms with Crippen molar-refractivity contribution in [3.05, 3.63) is 46.3 Å². The van der Waals surface area contributed by atoms with Crippen LogP contribution in [0.4, 0.5) is 5.69 Å². The fourth-order valence-corrected chi connectivity index (χ4v) is 3.33. The lowest BCUT2D eigenvalue weighted by Gasteiger charge is -2.20. The first kappa shape index (κ1) is 20.8. The Balaban J connectivity index is 2.01. The molecular formula is C18H24IN5OS. The van der Waals surface area contributed by atoms with Gasteiger partial charge in [-0.1, -0.05) is 17.8 Å². The summed E-state index contributed by atoms with van der Waals surface area (Å²) in [5.74, 6) is 1.09. The van der Waals surface area contributed by atoms with E-state index in [0.717, 1.165) is 11.5 Å². The third-order valence-electron chi connectivity index (χ3n) is 3.25. The van der Waals surface area contributed by atoms with Gasteiger partial charge in [-0.2, -0.15) is 0 Å². The van der Waals surface area contributed by atoms with Crippen molar-refractivity contribution < 1.29 is 4.79 Å². The highest BCUT2D eigenvalue weighted by molar-refractivity contribution is 14.1. The second-order valence-electron chi connectivity index (χ2n) is 6.75. The Kier molecular flexibility index (Phi) is 7.51. The minimum atomic E-state index is -0.241. The van der Waals surface area contributed by atoms with Gasteiger partial charge in [-0.25, -0.2) is 0 Å². The van der Waals surface area contributed by atoms with Crippen LogP contribution in [0.1, 0.15) is 26.6 Å². The molecule has 1 amide bonds. The Morgan fingerprint density at radius 1 is 1.31 bits per heavy atom. The number of nitrogens with zero attached hydrogens (tertiary/aromatic N) is 3. The molecule has 26 heavy (non-hydrogen) atoms. The van der Waals surface area contributed by atoms with Crippen LogP contribution in [0.3, 0.4) is 0 Å². The van der Waals surface area contributed by atoms with Gasteiger partial charge < -0.3 is 15.2 Å². The lowest BCUT2D eigenvalue weighted by molar-refractivity contribution is -0.119. The summed E-state index contributed by atoms with van der Waals surface area (Å²) in [5, 5.41) is 15.5. The molecule has 1 aromatic carbocycles. The number of aromatic nitrogens is 3. The van der Waals surface area contributed by atoms with Crippen molar-refractivity contribution in [2.75, 3.05) is 11.1 Å². The molecule has 1 aromatic heterocycles. The first-order chi connectivity index (χ1) is 12.3. The van der Waals surface area contributed by atoms with Crippen LogP contribution in [0.2, 0.25) is 0 Å². The third-order valence-corrected chi connectivity index (χ3v) is 4.93. The minimum absolute atomic E-state index is 0.0192. The van der Waals surface area contributed by atoms with E-state index in [1.54, 1.807) is 6.08 Å². The predicted molar refractivity (Wildman–Crippen MR) is 115 cm³/mol. The fourth-order valence-electron chi connectivity index (χ4n) is 2.20. The molecule has 2 aromatic rings. The van der Waals surface area contributed by atoms with Gasteiger partial charge in [-0.3, -0.25) is 4.79 Å². The van der Waals surface area contributed by atoms with E-state index < -0.39 is 0 Å². The van der Waals surface area contributed by atoms with Crippen molar-refractivity contribution in [2.45, 2.75) is 44.6 Å². The number of carbonyl (C=O) groups is 1. The molecule has 1 heterocycles. The Hall–Kier alpha value is -1.55. The van der Waals surface area contributed by atoms with Gasteiger partial charge in [0.2, 0.25) is 5.91 Å². The van der Waals surface area contributed by atoms with Gasteiger partial charge in [0, 0.05) is 21.3 Å².